The van der Waals surface area contributed by atoms with E-state index in [0.717, 1.165) is 25.1 Å². The summed E-state index contributed by atoms with van der Waals surface area (Å²) >= 11 is 0. The number of nitrogens with two attached hydrogens (primary N) is 1. The number of benzene rings is 1. The molecule has 1 amide bonds. The zero-order valence-electron chi connectivity index (χ0n) is 8.05. The molecule has 1 aliphatic heterocycles. The highest BCUT2D eigenvalue weighted by Crippen LogP contribution is 2.15. The van der Waals surface area contributed by atoms with Gasteiger partial charge < -0.3 is 11.1 Å². The number of primary amides is 1. The Morgan fingerprint density at radius 2 is 2.29 bits per heavy atom. The van der Waals surface area contributed by atoms with Gasteiger partial charge in [-0.15, -0.1) is 0 Å². The molecule has 0 aromatic heterocycles. The van der Waals surface area contributed by atoms with Crippen LogP contribution in [0.1, 0.15) is 16.7 Å². The van der Waals surface area contributed by atoms with Gasteiger partial charge in [0.15, 0.2) is 0 Å². The molecule has 3 N–H and O–H groups in total. The highest BCUT2D eigenvalue weighted by molar-refractivity contribution is 5.76. The predicted octanol–water partition coefficient (Wildman–Crippen LogP) is 0.360. The van der Waals surface area contributed by atoms with Crippen molar-refractivity contribution in [3.8, 4) is 0 Å². The maximum atomic E-state index is 10.7. The fourth-order valence-electron chi connectivity index (χ4n) is 1.84. The Bertz CT molecular complexity index is 360. The van der Waals surface area contributed by atoms with Crippen LogP contribution in [0.2, 0.25) is 0 Å². The fraction of sp³-hybridized carbons (Fsp3) is 0.364. The minimum atomic E-state index is -0.265. The van der Waals surface area contributed by atoms with Gasteiger partial charge in [0.05, 0.1) is 6.42 Å². The average Bonchev–Trinajstić information content (AvgIpc) is 2.17. The van der Waals surface area contributed by atoms with Gasteiger partial charge in [0.2, 0.25) is 5.91 Å². The van der Waals surface area contributed by atoms with Crippen LogP contribution in [0.4, 0.5) is 0 Å². The summed E-state index contributed by atoms with van der Waals surface area (Å²) in [5, 5.41) is 3.31. The Balaban J connectivity index is 2.24. The van der Waals surface area contributed by atoms with Crippen molar-refractivity contribution < 1.29 is 4.79 Å². The number of fused-ring (bicyclic) bond motifs is 1. The number of hydrogen-bond donors (Lipinski definition) is 2. The first-order valence-electron chi connectivity index (χ1n) is 4.85. The summed E-state index contributed by atoms with van der Waals surface area (Å²) in [5.74, 6) is -0.265. The van der Waals surface area contributed by atoms with Crippen molar-refractivity contribution in [1.82, 2.24) is 5.32 Å². The summed E-state index contributed by atoms with van der Waals surface area (Å²) in [7, 11) is 0. The van der Waals surface area contributed by atoms with Crippen LogP contribution < -0.4 is 11.1 Å². The largest absolute Gasteiger partial charge is 0.369 e. The number of carbonyl (C=O) groups excluding carboxylic acids is 1. The van der Waals surface area contributed by atoms with Crippen molar-refractivity contribution in [2.75, 3.05) is 6.54 Å². The maximum Gasteiger partial charge on any atom is 0.221 e. The second kappa shape index (κ2) is 3.80. The summed E-state index contributed by atoms with van der Waals surface area (Å²) in [5.41, 5.74) is 8.86. The maximum absolute atomic E-state index is 10.7. The van der Waals surface area contributed by atoms with Gasteiger partial charge in [-0.3, -0.25) is 4.79 Å². The number of hydrogen-bond acceptors (Lipinski definition) is 2. The highest BCUT2D eigenvalue weighted by atomic mass is 16.1. The first-order valence-corrected chi connectivity index (χ1v) is 4.85. The molecule has 0 saturated heterocycles. The molecule has 3 heteroatoms. The molecule has 0 radical (unpaired) electrons. The Hall–Kier alpha value is -1.35. The molecule has 0 bridgehead atoms. The molecule has 0 saturated carbocycles. The van der Waals surface area contributed by atoms with E-state index in [4.69, 9.17) is 5.73 Å². The molecule has 14 heavy (non-hydrogen) atoms. The van der Waals surface area contributed by atoms with Gasteiger partial charge in [-0.25, -0.2) is 0 Å². The highest BCUT2D eigenvalue weighted by Gasteiger charge is 2.09. The number of amides is 1. The number of rotatable bonds is 2. The molecule has 1 aliphatic rings. The molecular weight excluding hydrogens is 176 g/mol. The van der Waals surface area contributed by atoms with Gasteiger partial charge in [0.1, 0.15) is 0 Å². The lowest BCUT2D eigenvalue weighted by molar-refractivity contribution is -0.117. The van der Waals surface area contributed by atoms with Gasteiger partial charge in [0.25, 0.3) is 0 Å². The molecule has 3 nitrogen and oxygen atoms in total. The van der Waals surface area contributed by atoms with Gasteiger partial charge in [0, 0.05) is 6.54 Å². The normalized spacial score (nSPS) is 14.9. The first-order chi connectivity index (χ1) is 6.75. The van der Waals surface area contributed by atoms with Crippen LogP contribution in [-0.4, -0.2) is 12.5 Å². The Morgan fingerprint density at radius 1 is 1.43 bits per heavy atom. The van der Waals surface area contributed by atoms with E-state index in [2.05, 4.69) is 17.4 Å². The van der Waals surface area contributed by atoms with E-state index in [1.807, 2.05) is 6.07 Å². The third-order valence-electron chi connectivity index (χ3n) is 2.54. The zero-order valence-corrected chi connectivity index (χ0v) is 8.05. The van der Waals surface area contributed by atoms with E-state index in [1.54, 1.807) is 0 Å². The summed E-state index contributed by atoms with van der Waals surface area (Å²) in [6.07, 6.45) is 1.39. The van der Waals surface area contributed by atoms with Crippen molar-refractivity contribution >= 4 is 5.91 Å². The topological polar surface area (TPSA) is 55.1 Å². The number of carbonyl (C=O) groups is 1. The van der Waals surface area contributed by atoms with Crippen molar-refractivity contribution in [2.45, 2.75) is 19.4 Å². The van der Waals surface area contributed by atoms with Crippen LogP contribution >= 0.6 is 0 Å². The molecule has 0 spiro atoms. The summed E-state index contributed by atoms with van der Waals surface area (Å²) < 4.78 is 0. The van der Waals surface area contributed by atoms with Crippen molar-refractivity contribution in [1.29, 1.82) is 0 Å². The quantitative estimate of drug-likeness (QED) is 0.707. The first kappa shape index (κ1) is 9.21. The van der Waals surface area contributed by atoms with E-state index in [-0.39, 0.29) is 5.91 Å². The zero-order chi connectivity index (χ0) is 9.97. The van der Waals surface area contributed by atoms with Crippen molar-refractivity contribution in [2.24, 2.45) is 5.73 Å². The van der Waals surface area contributed by atoms with E-state index >= 15 is 0 Å². The van der Waals surface area contributed by atoms with Crippen LogP contribution in [0.5, 0.6) is 0 Å². The van der Waals surface area contributed by atoms with Gasteiger partial charge in [-0.1, -0.05) is 18.2 Å². The van der Waals surface area contributed by atoms with E-state index in [1.165, 1.54) is 11.1 Å². The predicted molar refractivity (Wildman–Crippen MR) is 54.8 cm³/mol. The second-order valence-corrected chi connectivity index (χ2v) is 3.67. The van der Waals surface area contributed by atoms with E-state index in [9.17, 15) is 4.79 Å². The molecule has 1 aromatic rings. The monoisotopic (exact) mass is 190 g/mol. The summed E-state index contributed by atoms with van der Waals surface area (Å²) in [6.45, 7) is 1.96. The summed E-state index contributed by atoms with van der Waals surface area (Å²) in [4.78, 5) is 10.7. The van der Waals surface area contributed by atoms with Gasteiger partial charge in [-0.2, -0.15) is 0 Å². The van der Waals surface area contributed by atoms with Crippen LogP contribution in [0, 0.1) is 0 Å². The molecule has 1 aromatic carbocycles. The second-order valence-electron chi connectivity index (χ2n) is 3.67. The van der Waals surface area contributed by atoms with Gasteiger partial charge >= 0.3 is 0 Å². The van der Waals surface area contributed by atoms with Crippen LogP contribution in [0.25, 0.3) is 0 Å². The summed E-state index contributed by atoms with van der Waals surface area (Å²) in [6, 6.07) is 6.16. The standard InChI is InChI=1S/C11H14N2O/c12-11(14)6-8-1-2-10-7-13-4-3-9(10)5-8/h1-2,5,13H,3-4,6-7H2,(H2,12,14). The Labute approximate surface area is 83.3 Å². The molecule has 0 atom stereocenters. The molecule has 74 valence electrons. The van der Waals surface area contributed by atoms with Crippen LogP contribution in [0.3, 0.4) is 0 Å². The third kappa shape index (κ3) is 1.93. The molecule has 0 unspecified atom stereocenters. The van der Waals surface area contributed by atoms with E-state index in [0.29, 0.717) is 6.42 Å². The van der Waals surface area contributed by atoms with Crippen LogP contribution in [0.15, 0.2) is 18.2 Å². The third-order valence-corrected chi connectivity index (χ3v) is 2.54. The number of nitrogens with one attached hydrogen (secondary N) is 1. The molecule has 2 rings (SSSR count). The Kier molecular flexibility index (Phi) is 2.50. The Morgan fingerprint density at radius 3 is 3.07 bits per heavy atom. The SMILES string of the molecule is NC(=O)Cc1ccc2c(c1)CCNC2. The van der Waals surface area contributed by atoms with Crippen molar-refractivity contribution in [3.63, 3.8) is 0 Å². The minimum absolute atomic E-state index is 0.265. The minimum Gasteiger partial charge on any atom is -0.369 e. The van der Waals surface area contributed by atoms with Gasteiger partial charge in [-0.05, 0) is 29.7 Å². The molecule has 1 heterocycles. The lowest BCUT2D eigenvalue weighted by Gasteiger charge is -2.17. The lowest BCUT2D eigenvalue weighted by atomic mass is 9.97. The van der Waals surface area contributed by atoms with Crippen molar-refractivity contribution in [3.05, 3.63) is 34.9 Å². The van der Waals surface area contributed by atoms with E-state index < -0.39 is 0 Å². The molecule has 0 aliphatic carbocycles. The van der Waals surface area contributed by atoms with Crippen LogP contribution in [-0.2, 0) is 24.2 Å². The fourth-order valence-corrected chi connectivity index (χ4v) is 1.84. The molecular formula is C11H14N2O. The average molecular weight is 190 g/mol. The molecule has 0 fully saturated rings. The smallest absolute Gasteiger partial charge is 0.221 e. The lowest BCUT2D eigenvalue weighted by Crippen LogP contribution is -2.24.